The van der Waals surface area contributed by atoms with Gasteiger partial charge in [0, 0.05) is 19.5 Å². The van der Waals surface area contributed by atoms with Gasteiger partial charge in [0.15, 0.2) is 5.69 Å². The summed E-state index contributed by atoms with van der Waals surface area (Å²) in [7, 11) is 1.61. The summed E-state index contributed by atoms with van der Waals surface area (Å²) in [5.74, 6) is 0.380. The van der Waals surface area contributed by atoms with Crippen LogP contribution in [0.25, 0.3) is 0 Å². The lowest BCUT2D eigenvalue weighted by atomic mass is 10.1. The maximum Gasteiger partial charge on any atom is 0.274 e. The molecule has 0 fully saturated rings. The maximum atomic E-state index is 12.3. The number of carbonyl (C=O) groups is 1. The molecule has 3 N–H and O–H groups in total. The molecule has 0 saturated carbocycles. The fraction of sp³-hybridized carbons (Fsp3) is 0.615. The number of hydrogen-bond donors (Lipinski definition) is 2. The molecule has 1 rings (SSSR count). The van der Waals surface area contributed by atoms with Gasteiger partial charge in [-0.3, -0.25) is 4.79 Å². The number of nitrogens with zero attached hydrogens (tertiary/aromatic N) is 3. The standard InChI is InChI=1S/C13H22N4O2/c1-8(2)11-15-6-9(14)10(16-11)12(18)17(5)7-13(3,4)19/h6,8,19H,7,14H2,1-5H3. The zero-order valence-electron chi connectivity index (χ0n) is 12.1. The highest BCUT2D eigenvalue weighted by Crippen LogP contribution is 2.16. The Labute approximate surface area is 113 Å². The molecule has 6 nitrogen and oxygen atoms in total. The molecular weight excluding hydrogens is 244 g/mol. The summed E-state index contributed by atoms with van der Waals surface area (Å²) in [6.07, 6.45) is 1.45. The Bertz CT molecular complexity index is 466. The van der Waals surface area contributed by atoms with Crippen LogP contribution < -0.4 is 5.73 Å². The molecule has 19 heavy (non-hydrogen) atoms. The van der Waals surface area contributed by atoms with E-state index in [9.17, 15) is 9.90 Å². The molecule has 0 aromatic carbocycles. The Hall–Kier alpha value is -1.69. The average molecular weight is 266 g/mol. The first-order valence-corrected chi connectivity index (χ1v) is 6.22. The summed E-state index contributed by atoms with van der Waals surface area (Å²) < 4.78 is 0. The first-order chi connectivity index (χ1) is 8.61. The fourth-order valence-corrected chi connectivity index (χ4v) is 1.69. The largest absolute Gasteiger partial charge is 0.396 e. The summed E-state index contributed by atoms with van der Waals surface area (Å²) >= 11 is 0. The van der Waals surface area contributed by atoms with Crippen LogP contribution in [0.5, 0.6) is 0 Å². The first kappa shape index (κ1) is 15.4. The fourth-order valence-electron chi connectivity index (χ4n) is 1.69. The molecule has 106 valence electrons. The van der Waals surface area contributed by atoms with Crippen LogP contribution in [-0.4, -0.2) is 45.1 Å². The van der Waals surface area contributed by atoms with Crippen LogP contribution >= 0.6 is 0 Å². The number of aromatic nitrogens is 2. The van der Waals surface area contributed by atoms with E-state index in [4.69, 9.17) is 5.73 Å². The number of anilines is 1. The van der Waals surface area contributed by atoms with Crippen molar-refractivity contribution in [1.29, 1.82) is 0 Å². The molecule has 0 aliphatic heterocycles. The van der Waals surface area contributed by atoms with Crippen molar-refractivity contribution < 1.29 is 9.90 Å². The lowest BCUT2D eigenvalue weighted by Gasteiger charge is -2.25. The molecular formula is C13H22N4O2. The molecule has 0 bridgehead atoms. The highest BCUT2D eigenvalue weighted by atomic mass is 16.3. The smallest absolute Gasteiger partial charge is 0.274 e. The van der Waals surface area contributed by atoms with Crippen LogP contribution in [-0.2, 0) is 0 Å². The van der Waals surface area contributed by atoms with Crippen LogP contribution in [0.4, 0.5) is 5.69 Å². The predicted molar refractivity (Wildman–Crippen MR) is 73.8 cm³/mol. The van der Waals surface area contributed by atoms with Gasteiger partial charge in [0.2, 0.25) is 0 Å². The molecule has 1 aromatic rings. The zero-order valence-corrected chi connectivity index (χ0v) is 12.1. The quantitative estimate of drug-likeness (QED) is 0.849. The summed E-state index contributed by atoms with van der Waals surface area (Å²) in [5, 5.41) is 9.74. The van der Waals surface area contributed by atoms with Gasteiger partial charge < -0.3 is 15.7 Å². The van der Waals surface area contributed by atoms with Gasteiger partial charge >= 0.3 is 0 Å². The van der Waals surface area contributed by atoms with Gasteiger partial charge in [-0.2, -0.15) is 0 Å². The molecule has 1 amide bonds. The molecule has 0 spiro atoms. The van der Waals surface area contributed by atoms with E-state index < -0.39 is 5.60 Å². The van der Waals surface area contributed by atoms with Gasteiger partial charge in [0.25, 0.3) is 5.91 Å². The van der Waals surface area contributed by atoms with E-state index in [1.54, 1.807) is 20.9 Å². The second-order valence-electron chi connectivity index (χ2n) is 5.66. The first-order valence-electron chi connectivity index (χ1n) is 6.22. The van der Waals surface area contributed by atoms with Crippen LogP contribution in [0.2, 0.25) is 0 Å². The number of nitrogen functional groups attached to an aromatic ring is 1. The normalized spacial score (nSPS) is 11.7. The van der Waals surface area contributed by atoms with E-state index >= 15 is 0 Å². The van der Waals surface area contributed by atoms with Crippen molar-refractivity contribution in [2.75, 3.05) is 19.3 Å². The number of rotatable bonds is 4. The number of aliphatic hydroxyl groups is 1. The Morgan fingerprint density at radius 2 is 2.11 bits per heavy atom. The summed E-state index contributed by atoms with van der Waals surface area (Å²) in [6, 6.07) is 0. The SMILES string of the molecule is CC(C)c1ncc(N)c(C(=O)N(C)CC(C)(C)O)n1. The molecule has 1 heterocycles. The molecule has 0 saturated heterocycles. The van der Waals surface area contributed by atoms with E-state index in [1.165, 1.54) is 11.1 Å². The molecule has 0 radical (unpaired) electrons. The van der Waals surface area contributed by atoms with Crippen molar-refractivity contribution in [1.82, 2.24) is 14.9 Å². The number of nitrogens with two attached hydrogens (primary N) is 1. The second-order valence-corrected chi connectivity index (χ2v) is 5.66. The molecule has 0 unspecified atom stereocenters. The topological polar surface area (TPSA) is 92.3 Å². The van der Waals surface area contributed by atoms with Crippen LogP contribution in [0.1, 0.15) is 49.9 Å². The van der Waals surface area contributed by atoms with Gasteiger partial charge in [-0.1, -0.05) is 13.8 Å². The monoisotopic (exact) mass is 266 g/mol. The van der Waals surface area contributed by atoms with Crippen molar-refractivity contribution in [2.45, 2.75) is 39.2 Å². The number of amides is 1. The van der Waals surface area contributed by atoms with E-state index in [0.717, 1.165) is 0 Å². The predicted octanol–water partition coefficient (Wildman–Crippen LogP) is 1.03. The van der Waals surface area contributed by atoms with Crippen molar-refractivity contribution >= 4 is 11.6 Å². The number of carbonyl (C=O) groups excluding carboxylic acids is 1. The van der Waals surface area contributed by atoms with Crippen LogP contribution in [0.15, 0.2) is 6.20 Å². The Morgan fingerprint density at radius 1 is 1.53 bits per heavy atom. The third-order valence-corrected chi connectivity index (χ3v) is 2.53. The maximum absolute atomic E-state index is 12.3. The Kier molecular flexibility index (Phi) is 4.47. The van der Waals surface area contributed by atoms with Crippen molar-refractivity contribution in [3.05, 3.63) is 17.7 Å². The Morgan fingerprint density at radius 3 is 2.58 bits per heavy atom. The molecule has 1 aromatic heterocycles. The minimum atomic E-state index is -0.965. The van der Waals surface area contributed by atoms with Crippen LogP contribution in [0, 0.1) is 0 Å². The van der Waals surface area contributed by atoms with E-state index in [-0.39, 0.29) is 29.8 Å². The Balaban J connectivity index is 3.02. The lowest BCUT2D eigenvalue weighted by molar-refractivity contribution is 0.0365. The second kappa shape index (κ2) is 5.52. The van der Waals surface area contributed by atoms with Gasteiger partial charge in [0.1, 0.15) is 5.82 Å². The average Bonchev–Trinajstić information content (AvgIpc) is 2.26. The number of hydrogen-bond acceptors (Lipinski definition) is 5. The van der Waals surface area contributed by atoms with Gasteiger partial charge in [-0.05, 0) is 13.8 Å². The minimum Gasteiger partial charge on any atom is -0.396 e. The molecule has 0 aliphatic carbocycles. The van der Waals surface area contributed by atoms with Crippen molar-refractivity contribution in [2.24, 2.45) is 0 Å². The highest BCUT2D eigenvalue weighted by Gasteiger charge is 2.23. The minimum absolute atomic E-state index is 0.117. The molecule has 0 atom stereocenters. The van der Waals surface area contributed by atoms with Crippen molar-refractivity contribution in [3.8, 4) is 0 Å². The lowest BCUT2D eigenvalue weighted by Crippen LogP contribution is -2.40. The van der Waals surface area contributed by atoms with E-state index in [2.05, 4.69) is 9.97 Å². The van der Waals surface area contributed by atoms with Crippen molar-refractivity contribution in [3.63, 3.8) is 0 Å². The molecule has 6 heteroatoms. The zero-order chi connectivity index (χ0) is 14.8. The van der Waals surface area contributed by atoms with Gasteiger partial charge in [-0.15, -0.1) is 0 Å². The third kappa shape index (κ3) is 4.17. The number of likely N-dealkylation sites (N-methyl/N-ethyl adjacent to an activating group) is 1. The van der Waals surface area contributed by atoms with E-state index in [1.807, 2.05) is 13.8 Å². The van der Waals surface area contributed by atoms with E-state index in [0.29, 0.717) is 5.82 Å². The van der Waals surface area contributed by atoms with Crippen LogP contribution in [0.3, 0.4) is 0 Å². The summed E-state index contributed by atoms with van der Waals surface area (Å²) in [6.45, 7) is 7.37. The molecule has 0 aliphatic rings. The summed E-state index contributed by atoms with van der Waals surface area (Å²) in [5.41, 5.74) is 5.22. The third-order valence-electron chi connectivity index (χ3n) is 2.53. The van der Waals surface area contributed by atoms with Gasteiger partial charge in [0.05, 0.1) is 17.5 Å². The highest BCUT2D eigenvalue weighted by molar-refractivity contribution is 5.96. The van der Waals surface area contributed by atoms with Gasteiger partial charge in [-0.25, -0.2) is 9.97 Å². The summed E-state index contributed by atoms with van der Waals surface area (Å²) in [4.78, 5) is 22.0.